The lowest BCUT2D eigenvalue weighted by molar-refractivity contribution is 0.474. The minimum absolute atomic E-state index is 0.463. The van der Waals surface area contributed by atoms with Gasteiger partial charge in [-0.2, -0.15) is 0 Å². The van der Waals surface area contributed by atoms with Gasteiger partial charge in [-0.3, -0.25) is 0 Å². The fourth-order valence-electron chi connectivity index (χ4n) is 2.38. The summed E-state index contributed by atoms with van der Waals surface area (Å²) in [7, 11) is 0. The van der Waals surface area contributed by atoms with Gasteiger partial charge in [-0.1, -0.05) is 24.4 Å². The van der Waals surface area contributed by atoms with Gasteiger partial charge in [0.15, 0.2) is 11.5 Å². The molecule has 4 heteroatoms. The second-order valence-corrected chi connectivity index (χ2v) is 4.79. The van der Waals surface area contributed by atoms with Crippen LogP contribution in [0.5, 0.6) is 0 Å². The number of nitrogens with two attached hydrogens (primary N) is 1. The second kappa shape index (κ2) is 3.67. The zero-order chi connectivity index (χ0) is 11.1. The van der Waals surface area contributed by atoms with Crippen LogP contribution in [0.4, 0.5) is 5.69 Å². The number of fused-ring (bicyclic) bond motifs is 1. The van der Waals surface area contributed by atoms with Crippen molar-refractivity contribution in [1.29, 1.82) is 0 Å². The highest BCUT2D eigenvalue weighted by Gasteiger charge is 2.23. The van der Waals surface area contributed by atoms with Crippen molar-refractivity contribution < 1.29 is 4.42 Å². The zero-order valence-electron chi connectivity index (χ0n) is 8.87. The largest absolute Gasteiger partial charge is 0.439 e. The SMILES string of the molecule is Nc1cc(Cl)c2oc(C3CCCC3)nc2c1. The first-order valence-electron chi connectivity index (χ1n) is 5.59. The van der Waals surface area contributed by atoms with Crippen LogP contribution < -0.4 is 5.73 Å². The number of hydrogen-bond donors (Lipinski definition) is 1. The summed E-state index contributed by atoms with van der Waals surface area (Å²) < 4.78 is 5.74. The fraction of sp³-hybridized carbons (Fsp3) is 0.417. The van der Waals surface area contributed by atoms with Gasteiger partial charge in [0.25, 0.3) is 0 Å². The van der Waals surface area contributed by atoms with Gasteiger partial charge in [0.05, 0.1) is 5.02 Å². The summed E-state index contributed by atoms with van der Waals surface area (Å²) in [6.45, 7) is 0. The normalized spacial score (nSPS) is 17.3. The second-order valence-electron chi connectivity index (χ2n) is 4.38. The maximum absolute atomic E-state index is 6.07. The van der Waals surface area contributed by atoms with E-state index in [9.17, 15) is 0 Å². The minimum Gasteiger partial charge on any atom is -0.439 e. The van der Waals surface area contributed by atoms with Crippen molar-refractivity contribution in [2.45, 2.75) is 31.6 Å². The van der Waals surface area contributed by atoms with E-state index >= 15 is 0 Å². The fourth-order valence-corrected chi connectivity index (χ4v) is 2.64. The third-order valence-corrected chi connectivity index (χ3v) is 3.47. The quantitative estimate of drug-likeness (QED) is 0.768. The zero-order valence-corrected chi connectivity index (χ0v) is 9.63. The molecule has 1 saturated carbocycles. The van der Waals surface area contributed by atoms with Crippen LogP contribution >= 0.6 is 11.6 Å². The van der Waals surface area contributed by atoms with Crippen LogP contribution in [-0.2, 0) is 0 Å². The van der Waals surface area contributed by atoms with E-state index < -0.39 is 0 Å². The number of aromatic nitrogens is 1. The van der Waals surface area contributed by atoms with Crippen molar-refractivity contribution in [3.63, 3.8) is 0 Å². The molecule has 1 aromatic carbocycles. The highest BCUT2D eigenvalue weighted by Crippen LogP contribution is 2.36. The van der Waals surface area contributed by atoms with Gasteiger partial charge in [0.2, 0.25) is 0 Å². The van der Waals surface area contributed by atoms with Gasteiger partial charge in [-0.15, -0.1) is 0 Å². The molecule has 0 unspecified atom stereocenters. The Morgan fingerprint density at radius 1 is 1.31 bits per heavy atom. The summed E-state index contributed by atoms with van der Waals surface area (Å²) in [5.74, 6) is 1.28. The number of benzene rings is 1. The van der Waals surface area contributed by atoms with Crippen molar-refractivity contribution in [1.82, 2.24) is 4.98 Å². The van der Waals surface area contributed by atoms with Gasteiger partial charge in [-0.05, 0) is 25.0 Å². The molecule has 0 bridgehead atoms. The van der Waals surface area contributed by atoms with E-state index in [0.29, 0.717) is 22.2 Å². The molecule has 0 spiro atoms. The Kier molecular flexibility index (Phi) is 2.28. The van der Waals surface area contributed by atoms with Gasteiger partial charge >= 0.3 is 0 Å². The minimum atomic E-state index is 0.463. The smallest absolute Gasteiger partial charge is 0.198 e. The first-order chi connectivity index (χ1) is 7.74. The van der Waals surface area contributed by atoms with Crippen molar-refractivity contribution >= 4 is 28.4 Å². The molecule has 16 heavy (non-hydrogen) atoms. The summed E-state index contributed by atoms with van der Waals surface area (Å²) in [6, 6.07) is 3.51. The number of oxazole rings is 1. The molecule has 0 aliphatic heterocycles. The maximum atomic E-state index is 6.07. The van der Waals surface area contributed by atoms with Crippen LogP contribution in [0, 0.1) is 0 Å². The van der Waals surface area contributed by atoms with Crippen molar-refractivity contribution in [3.05, 3.63) is 23.0 Å². The molecule has 1 aliphatic carbocycles. The van der Waals surface area contributed by atoms with Crippen LogP contribution in [0.25, 0.3) is 11.1 Å². The molecule has 0 radical (unpaired) electrons. The Hall–Kier alpha value is -1.22. The molecule has 1 aromatic heterocycles. The van der Waals surface area contributed by atoms with Gasteiger partial charge < -0.3 is 10.2 Å². The number of halogens is 1. The highest BCUT2D eigenvalue weighted by molar-refractivity contribution is 6.35. The van der Waals surface area contributed by atoms with E-state index in [4.69, 9.17) is 21.8 Å². The molecule has 1 fully saturated rings. The van der Waals surface area contributed by atoms with E-state index in [-0.39, 0.29) is 0 Å². The topological polar surface area (TPSA) is 52.0 Å². The summed E-state index contributed by atoms with van der Waals surface area (Å²) in [4.78, 5) is 4.49. The number of nitrogen functional groups attached to an aromatic ring is 1. The lowest BCUT2D eigenvalue weighted by Crippen LogP contribution is -1.91. The first-order valence-corrected chi connectivity index (χ1v) is 5.97. The van der Waals surface area contributed by atoms with E-state index in [1.807, 2.05) is 6.07 Å². The molecule has 3 rings (SSSR count). The predicted molar refractivity (Wildman–Crippen MR) is 64.6 cm³/mol. The van der Waals surface area contributed by atoms with Crippen LogP contribution in [0.3, 0.4) is 0 Å². The Balaban J connectivity index is 2.11. The Morgan fingerprint density at radius 3 is 2.81 bits per heavy atom. The highest BCUT2D eigenvalue weighted by atomic mass is 35.5. The van der Waals surface area contributed by atoms with E-state index in [0.717, 1.165) is 11.4 Å². The molecule has 1 heterocycles. The molecule has 0 saturated heterocycles. The summed E-state index contributed by atoms with van der Waals surface area (Å²) in [6.07, 6.45) is 4.86. The number of rotatable bonds is 1. The maximum Gasteiger partial charge on any atom is 0.198 e. The van der Waals surface area contributed by atoms with E-state index in [1.54, 1.807) is 6.07 Å². The van der Waals surface area contributed by atoms with E-state index in [1.165, 1.54) is 25.7 Å². The molecular formula is C12H13ClN2O. The number of nitrogens with zero attached hydrogens (tertiary/aromatic N) is 1. The van der Waals surface area contributed by atoms with Crippen molar-refractivity contribution in [2.24, 2.45) is 0 Å². The average molecular weight is 237 g/mol. The summed E-state index contributed by atoms with van der Waals surface area (Å²) >= 11 is 6.07. The molecule has 0 atom stereocenters. The van der Waals surface area contributed by atoms with Gasteiger partial charge in [0, 0.05) is 11.6 Å². The summed E-state index contributed by atoms with van der Waals surface area (Å²) in [5, 5.41) is 0.548. The number of hydrogen-bond acceptors (Lipinski definition) is 3. The van der Waals surface area contributed by atoms with Crippen LogP contribution in [0.15, 0.2) is 16.5 Å². The predicted octanol–water partition coefficient (Wildman–Crippen LogP) is 3.72. The van der Waals surface area contributed by atoms with Crippen molar-refractivity contribution in [3.8, 4) is 0 Å². The lowest BCUT2D eigenvalue weighted by Gasteiger charge is -2.00. The standard InChI is InChI=1S/C12H13ClN2O/c13-9-5-8(14)6-10-11(9)16-12(15-10)7-3-1-2-4-7/h5-7H,1-4,14H2. The molecule has 1 aliphatic rings. The molecule has 0 amide bonds. The molecular weight excluding hydrogens is 224 g/mol. The van der Waals surface area contributed by atoms with Crippen LogP contribution in [0.2, 0.25) is 5.02 Å². The molecule has 2 N–H and O–H groups in total. The monoisotopic (exact) mass is 236 g/mol. The average Bonchev–Trinajstić information content (AvgIpc) is 2.82. The lowest BCUT2D eigenvalue weighted by atomic mass is 10.1. The Bertz CT molecular complexity index is 529. The molecule has 84 valence electrons. The Labute approximate surface area is 98.6 Å². The van der Waals surface area contributed by atoms with Crippen LogP contribution in [-0.4, -0.2) is 4.98 Å². The number of anilines is 1. The first kappa shape index (κ1) is 9.97. The molecule has 3 nitrogen and oxygen atoms in total. The van der Waals surface area contributed by atoms with Crippen molar-refractivity contribution in [2.75, 3.05) is 5.73 Å². The Morgan fingerprint density at radius 2 is 2.06 bits per heavy atom. The van der Waals surface area contributed by atoms with Gasteiger partial charge in [0.1, 0.15) is 5.52 Å². The van der Waals surface area contributed by atoms with E-state index in [2.05, 4.69) is 4.98 Å². The van der Waals surface area contributed by atoms with Gasteiger partial charge in [-0.25, -0.2) is 4.98 Å². The molecule has 2 aromatic rings. The summed E-state index contributed by atoms with van der Waals surface area (Å²) in [5.41, 5.74) is 7.78. The third-order valence-electron chi connectivity index (χ3n) is 3.19. The third kappa shape index (κ3) is 1.55. The van der Waals surface area contributed by atoms with Crippen LogP contribution in [0.1, 0.15) is 37.5 Å².